The van der Waals surface area contributed by atoms with Crippen molar-refractivity contribution in [2.75, 3.05) is 20.1 Å². The molecule has 3 atom stereocenters. The minimum Gasteiger partial charge on any atom is -0.361 e. The van der Waals surface area contributed by atoms with Crippen LogP contribution in [0.15, 0.2) is 30.5 Å². The Labute approximate surface area is 184 Å². The molecule has 1 amide bonds. The molecule has 31 heavy (non-hydrogen) atoms. The third kappa shape index (κ3) is 5.44. The molecule has 8 nitrogen and oxygen atoms in total. The van der Waals surface area contributed by atoms with Crippen LogP contribution >= 0.6 is 0 Å². The lowest BCUT2D eigenvalue weighted by atomic mass is 10.0. The van der Waals surface area contributed by atoms with Gasteiger partial charge in [0.15, 0.2) is 11.8 Å². The van der Waals surface area contributed by atoms with Gasteiger partial charge in [0.2, 0.25) is 0 Å². The lowest BCUT2D eigenvalue weighted by Gasteiger charge is -2.43. The Morgan fingerprint density at radius 3 is 2.58 bits per heavy atom. The van der Waals surface area contributed by atoms with Gasteiger partial charge in [-0.15, -0.1) is 0 Å². The number of aromatic amines is 1. The van der Waals surface area contributed by atoms with Crippen LogP contribution in [-0.2, 0) is 11.2 Å². The van der Waals surface area contributed by atoms with E-state index in [-0.39, 0.29) is 17.8 Å². The molecule has 2 heterocycles. The summed E-state index contributed by atoms with van der Waals surface area (Å²) in [6.45, 7) is 7.71. The van der Waals surface area contributed by atoms with Crippen LogP contribution in [0.1, 0.15) is 39.2 Å². The summed E-state index contributed by atoms with van der Waals surface area (Å²) in [4.78, 5) is 20.1. The maximum Gasteiger partial charge on any atom is 0.286 e. The number of piperazine rings is 1. The summed E-state index contributed by atoms with van der Waals surface area (Å²) >= 11 is 0. The molecular formula is C23H35N7O. The number of para-hydroxylation sites is 1. The molecule has 1 saturated heterocycles. The van der Waals surface area contributed by atoms with Gasteiger partial charge in [0, 0.05) is 48.3 Å². The highest BCUT2D eigenvalue weighted by Gasteiger charge is 2.29. The lowest BCUT2D eigenvalue weighted by Crippen LogP contribution is -2.60. The van der Waals surface area contributed by atoms with Gasteiger partial charge in [0.25, 0.3) is 5.91 Å². The maximum atomic E-state index is 12.7. The van der Waals surface area contributed by atoms with Crippen LogP contribution in [0.25, 0.3) is 10.9 Å². The van der Waals surface area contributed by atoms with Gasteiger partial charge >= 0.3 is 0 Å². The molecule has 0 aliphatic carbocycles. The van der Waals surface area contributed by atoms with Gasteiger partial charge in [-0.2, -0.15) is 0 Å². The van der Waals surface area contributed by atoms with Crippen LogP contribution in [0.5, 0.6) is 0 Å². The van der Waals surface area contributed by atoms with Crippen molar-refractivity contribution in [3.05, 3.63) is 36.0 Å². The molecule has 168 valence electrons. The molecule has 8 heteroatoms. The highest BCUT2D eigenvalue weighted by atomic mass is 16.2. The minimum atomic E-state index is -0.474. The quantitative estimate of drug-likeness (QED) is 0.374. The van der Waals surface area contributed by atoms with Crippen molar-refractivity contribution in [2.24, 2.45) is 0 Å². The molecule has 5 N–H and O–H groups in total. The Morgan fingerprint density at radius 2 is 1.90 bits per heavy atom. The average molecular weight is 426 g/mol. The second-order valence-electron chi connectivity index (χ2n) is 8.64. The van der Waals surface area contributed by atoms with Gasteiger partial charge in [0.1, 0.15) is 0 Å². The van der Waals surface area contributed by atoms with Gasteiger partial charge in [-0.25, -0.2) is 0 Å². The molecule has 1 aromatic heterocycles. The minimum absolute atomic E-state index is 0.0725. The van der Waals surface area contributed by atoms with E-state index in [1.165, 1.54) is 0 Å². The third-order valence-electron chi connectivity index (χ3n) is 6.26. The third-order valence-corrected chi connectivity index (χ3v) is 6.26. The summed E-state index contributed by atoms with van der Waals surface area (Å²) in [7, 11) is 2.08. The van der Waals surface area contributed by atoms with Crippen molar-refractivity contribution in [3.8, 4) is 0 Å². The Kier molecular flexibility index (Phi) is 7.33. The van der Waals surface area contributed by atoms with Crippen molar-refractivity contribution < 1.29 is 4.79 Å². The second-order valence-corrected chi connectivity index (χ2v) is 8.64. The monoisotopic (exact) mass is 425 g/mol. The summed E-state index contributed by atoms with van der Waals surface area (Å²) in [5.74, 6) is -0.654. The zero-order valence-electron chi connectivity index (χ0n) is 19.0. The molecule has 2 aromatic rings. The lowest BCUT2D eigenvalue weighted by molar-refractivity contribution is -0.115. The first kappa shape index (κ1) is 22.8. The van der Waals surface area contributed by atoms with Gasteiger partial charge in [-0.1, -0.05) is 31.5 Å². The van der Waals surface area contributed by atoms with Crippen LogP contribution in [0.2, 0.25) is 0 Å². The van der Waals surface area contributed by atoms with E-state index in [0.29, 0.717) is 31.6 Å². The predicted octanol–water partition coefficient (Wildman–Crippen LogP) is 2.52. The molecule has 2 unspecified atom stereocenters. The number of aromatic nitrogens is 1. The number of hydrogen-bond acceptors (Lipinski definition) is 4. The van der Waals surface area contributed by atoms with Crippen molar-refractivity contribution >= 4 is 28.6 Å². The maximum absolute atomic E-state index is 12.7. The first-order chi connectivity index (χ1) is 14.8. The van der Waals surface area contributed by atoms with Gasteiger partial charge < -0.3 is 20.5 Å². The van der Waals surface area contributed by atoms with Crippen molar-refractivity contribution in [1.29, 1.82) is 10.8 Å². The second kappa shape index (κ2) is 9.96. The topological polar surface area (TPSA) is 111 Å². The fourth-order valence-corrected chi connectivity index (χ4v) is 4.24. The normalized spacial score (nSPS) is 20.5. The SMILES string of the molecule is CCCC(Cc1c[nH]c2ccccc12)NC(=O)C(=N)NC(=N)N1CC(C)N(C)[C@H](C)C1. The van der Waals surface area contributed by atoms with Crippen molar-refractivity contribution in [1.82, 2.24) is 25.4 Å². The first-order valence-electron chi connectivity index (χ1n) is 11.1. The number of hydrogen-bond donors (Lipinski definition) is 5. The largest absolute Gasteiger partial charge is 0.361 e. The number of amides is 1. The van der Waals surface area contributed by atoms with E-state index in [1.807, 2.05) is 29.3 Å². The van der Waals surface area contributed by atoms with E-state index in [9.17, 15) is 4.79 Å². The Bertz CT molecular complexity index is 925. The Morgan fingerprint density at radius 1 is 1.23 bits per heavy atom. The molecule has 3 rings (SSSR count). The molecule has 0 spiro atoms. The molecule has 1 fully saturated rings. The van der Waals surface area contributed by atoms with E-state index in [4.69, 9.17) is 10.8 Å². The number of amidine groups is 1. The number of H-pyrrole nitrogens is 1. The number of rotatable bonds is 5. The van der Waals surface area contributed by atoms with Crippen LogP contribution in [0, 0.1) is 10.8 Å². The molecular weight excluding hydrogens is 390 g/mol. The molecule has 1 aliphatic heterocycles. The molecule has 1 aliphatic rings. The number of nitrogens with zero attached hydrogens (tertiary/aromatic N) is 2. The van der Waals surface area contributed by atoms with Gasteiger partial charge in [0.05, 0.1) is 0 Å². The summed E-state index contributed by atoms with van der Waals surface area (Å²) in [6.07, 6.45) is 4.45. The standard InChI is InChI=1S/C23H35N7O/c1-5-8-18(11-17-12-26-20-10-7-6-9-19(17)20)27-22(31)21(24)28-23(25)30-13-15(2)29(4)16(3)14-30/h6-7,9-10,12,15-16,18,26H,5,8,11,13-14H2,1-4H3,(H,27,31)(H3,24,25,28)/t15-,16?,18?/m1/s1. The van der Waals surface area contributed by atoms with Gasteiger partial charge in [-0.05, 0) is 45.4 Å². The van der Waals surface area contributed by atoms with Crippen LogP contribution in [-0.4, -0.2) is 70.7 Å². The number of nitrogens with one attached hydrogen (secondary N) is 5. The number of carbonyl (C=O) groups is 1. The smallest absolute Gasteiger partial charge is 0.286 e. The van der Waals surface area contributed by atoms with E-state index in [1.54, 1.807) is 0 Å². The zero-order chi connectivity index (χ0) is 22.5. The summed E-state index contributed by atoms with van der Waals surface area (Å²) in [5.41, 5.74) is 2.24. The summed E-state index contributed by atoms with van der Waals surface area (Å²) in [5, 5.41) is 23.4. The number of carbonyl (C=O) groups excluding carboxylic acids is 1. The van der Waals surface area contributed by atoms with E-state index in [2.05, 4.69) is 54.4 Å². The van der Waals surface area contributed by atoms with Crippen molar-refractivity contribution in [3.63, 3.8) is 0 Å². The molecule has 0 saturated carbocycles. The predicted molar refractivity (Wildman–Crippen MR) is 126 cm³/mol. The van der Waals surface area contributed by atoms with Crippen LogP contribution in [0.4, 0.5) is 0 Å². The fraction of sp³-hybridized carbons (Fsp3) is 0.522. The Hall–Kier alpha value is -2.87. The molecule has 1 aromatic carbocycles. The van der Waals surface area contributed by atoms with E-state index in [0.717, 1.165) is 29.3 Å². The van der Waals surface area contributed by atoms with Crippen LogP contribution in [0.3, 0.4) is 0 Å². The first-order valence-corrected chi connectivity index (χ1v) is 11.1. The highest BCUT2D eigenvalue weighted by molar-refractivity contribution is 6.39. The molecule has 0 radical (unpaired) electrons. The van der Waals surface area contributed by atoms with E-state index >= 15 is 0 Å². The number of benzene rings is 1. The summed E-state index contributed by atoms with van der Waals surface area (Å²) < 4.78 is 0. The Balaban J connectivity index is 1.58. The zero-order valence-corrected chi connectivity index (χ0v) is 19.0. The number of likely N-dealkylation sites (N-methyl/N-ethyl adjacent to an activating group) is 1. The highest BCUT2D eigenvalue weighted by Crippen LogP contribution is 2.20. The van der Waals surface area contributed by atoms with Crippen molar-refractivity contribution in [2.45, 2.75) is 58.2 Å². The average Bonchev–Trinajstić information content (AvgIpc) is 3.14. The molecule has 0 bridgehead atoms. The summed E-state index contributed by atoms with van der Waals surface area (Å²) in [6, 6.07) is 8.66. The van der Waals surface area contributed by atoms with Crippen LogP contribution < -0.4 is 10.6 Å². The van der Waals surface area contributed by atoms with Gasteiger partial charge in [-0.3, -0.25) is 20.5 Å². The number of guanidine groups is 1. The fourth-order valence-electron chi connectivity index (χ4n) is 4.24. The number of fused-ring (bicyclic) bond motifs is 1. The van der Waals surface area contributed by atoms with E-state index < -0.39 is 5.91 Å².